The van der Waals surface area contributed by atoms with Crippen molar-refractivity contribution in [1.82, 2.24) is 5.32 Å². The summed E-state index contributed by atoms with van der Waals surface area (Å²) in [5.41, 5.74) is -0.524. The maximum Gasteiger partial charge on any atom is 0.339 e. The van der Waals surface area contributed by atoms with Crippen molar-refractivity contribution >= 4 is 28.5 Å². The number of nitrogens with one attached hydrogen (secondary N) is 1. The van der Waals surface area contributed by atoms with E-state index < -0.39 is 17.7 Å². The monoisotopic (exact) mass is 366 g/mol. The van der Waals surface area contributed by atoms with Crippen molar-refractivity contribution < 1.29 is 18.7 Å². The van der Waals surface area contributed by atoms with E-state index in [1.807, 2.05) is 13.8 Å². The van der Waals surface area contributed by atoms with E-state index in [1.54, 1.807) is 6.07 Å². The van der Waals surface area contributed by atoms with Gasteiger partial charge in [-0.2, -0.15) is 0 Å². The molecule has 0 bridgehead atoms. The molecular formula is C17H22N2O5S. The molecular weight excluding hydrogens is 344 g/mol. The second kappa shape index (κ2) is 8.84. The van der Waals surface area contributed by atoms with Gasteiger partial charge in [-0.05, 0) is 13.3 Å². The molecule has 136 valence electrons. The summed E-state index contributed by atoms with van der Waals surface area (Å²) >= 11 is 1.28. The van der Waals surface area contributed by atoms with Gasteiger partial charge in [-0.1, -0.05) is 13.3 Å². The minimum absolute atomic E-state index is 0.138. The molecule has 7 nitrogen and oxygen atoms in total. The van der Waals surface area contributed by atoms with Gasteiger partial charge in [0.05, 0.1) is 18.7 Å². The first-order valence-electron chi connectivity index (χ1n) is 8.24. The van der Waals surface area contributed by atoms with Crippen LogP contribution < -0.4 is 15.7 Å². The molecule has 0 saturated carbocycles. The number of carbonyl (C=O) groups is 2. The van der Waals surface area contributed by atoms with Gasteiger partial charge in [0.25, 0.3) is 0 Å². The lowest BCUT2D eigenvalue weighted by molar-refractivity contribution is -0.122. The standard InChI is InChI=1S/C17H22N2O5S/c1-4-6-12(14-7-11(23-5-2)8-15(21)24-14)18-16(22)13-9-25-17(19-13)10(3)20/h7-8,12-13H,4-6,9H2,1-3H3,(H,18,22). The molecule has 25 heavy (non-hydrogen) atoms. The van der Waals surface area contributed by atoms with Crippen LogP contribution in [0.2, 0.25) is 0 Å². The molecule has 8 heteroatoms. The van der Waals surface area contributed by atoms with E-state index in [4.69, 9.17) is 9.15 Å². The zero-order valence-electron chi connectivity index (χ0n) is 14.5. The van der Waals surface area contributed by atoms with Crippen LogP contribution in [0.1, 0.15) is 45.4 Å². The van der Waals surface area contributed by atoms with Gasteiger partial charge in [-0.3, -0.25) is 14.6 Å². The number of Topliss-reactive ketones (excluding diaryl/α,β-unsaturated/α-hetero) is 1. The van der Waals surface area contributed by atoms with Gasteiger partial charge in [-0.25, -0.2) is 4.79 Å². The van der Waals surface area contributed by atoms with Gasteiger partial charge in [0.2, 0.25) is 5.91 Å². The third-order valence-electron chi connectivity index (χ3n) is 3.57. The lowest BCUT2D eigenvalue weighted by Crippen LogP contribution is -2.37. The minimum Gasteiger partial charge on any atom is -0.493 e. The van der Waals surface area contributed by atoms with E-state index in [0.29, 0.717) is 35.3 Å². The Morgan fingerprint density at radius 3 is 2.80 bits per heavy atom. The van der Waals surface area contributed by atoms with Crippen LogP contribution in [-0.4, -0.2) is 35.1 Å². The maximum absolute atomic E-state index is 12.5. The first kappa shape index (κ1) is 19.2. The fourth-order valence-corrected chi connectivity index (χ4v) is 3.38. The Morgan fingerprint density at radius 2 is 2.20 bits per heavy atom. The van der Waals surface area contributed by atoms with Gasteiger partial charge < -0.3 is 14.5 Å². The fourth-order valence-electron chi connectivity index (χ4n) is 2.44. The number of carbonyl (C=O) groups excluding carboxylic acids is 2. The van der Waals surface area contributed by atoms with Gasteiger partial charge in [-0.15, -0.1) is 11.8 Å². The molecule has 0 saturated heterocycles. The lowest BCUT2D eigenvalue weighted by atomic mass is 10.1. The smallest absolute Gasteiger partial charge is 0.339 e. The summed E-state index contributed by atoms with van der Waals surface area (Å²) in [5.74, 6) is 0.778. The van der Waals surface area contributed by atoms with Crippen molar-refractivity contribution in [3.05, 3.63) is 28.3 Å². The molecule has 1 aromatic heterocycles. The minimum atomic E-state index is -0.606. The quantitative estimate of drug-likeness (QED) is 0.756. The first-order chi connectivity index (χ1) is 11.9. The Bertz CT molecular complexity index is 728. The zero-order valence-corrected chi connectivity index (χ0v) is 15.4. The second-order valence-electron chi connectivity index (χ2n) is 5.61. The number of rotatable bonds is 8. The summed E-state index contributed by atoms with van der Waals surface area (Å²) < 4.78 is 10.6. The van der Waals surface area contributed by atoms with E-state index in [0.717, 1.165) is 6.42 Å². The molecule has 2 unspecified atom stereocenters. The highest BCUT2D eigenvalue weighted by Crippen LogP contribution is 2.24. The molecule has 1 aromatic rings. The van der Waals surface area contributed by atoms with Crippen LogP contribution in [-0.2, 0) is 9.59 Å². The number of hydrogen-bond donors (Lipinski definition) is 1. The number of nitrogens with zero attached hydrogens (tertiary/aromatic N) is 1. The molecule has 0 spiro atoms. The molecule has 1 aliphatic heterocycles. The summed E-state index contributed by atoms with van der Waals surface area (Å²) in [6.45, 7) is 5.65. The number of hydrogen-bond acceptors (Lipinski definition) is 7. The summed E-state index contributed by atoms with van der Waals surface area (Å²) in [7, 11) is 0. The van der Waals surface area contributed by atoms with E-state index >= 15 is 0 Å². The Labute approximate surface area is 150 Å². The Kier molecular flexibility index (Phi) is 6.81. The molecule has 0 aromatic carbocycles. The SMILES string of the molecule is CCCC(NC(=O)C1CSC(C(C)=O)=N1)c1cc(OCC)cc(=O)o1. The Hall–Kier alpha value is -2.09. The van der Waals surface area contributed by atoms with Crippen LogP contribution in [0.25, 0.3) is 0 Å². The number of ketones is 1. The molecule has 1 N–H and O–H groups in total. The molecule has 1 aliphatic rings. The van der Waals surface area contributed by atoms with Crippen molar-refractivity contribution in [2.75, 3.05) is 12.4 Å². The fraction of sp³-hybridized carbons (Fsp3) is 0.529. The Balaban J connectivity index is 2.17. The molecule has 1 amide bonds. The molecule has 0 radical (unpaired) electrons. The maximum atomic E-state index is 12.5. The number of thioether (sulfide) groups is 1. The summed E-state index contributed by atoms with van der Waals surface area (Å²) in [4.78, 5) is 39.7. The molecule has 0 aliphatic carbocycles. The molecule has 0 fully saturated rings. The van der Waals surface area contributed by atoms with Gasteiger partial charge in [0.15, 0.2) is 5.78 Å². The Morgan fingerprint density at radius 1 is 1.44 bits per heavy atom. The average molecular weight is 366 g/mol. The third-order valence-corrected chi connectivity index (χ3v) is 4.71. The van der Waals surface area contributed by atoms with Crippen molar-refractivity contribution in [3.8, 4) is 5.75 Å². The van der Waals surface area contributed by atoms with Crippen molar-refractivity contribution in [2.45, 2.75) is 45.7 Å². The van der Waals surface area contributed by atoms with E-state index in [-0.39, 0.29) is 11.7 Å². The van der Waals surface area contributed by atoms with Gasteiger partial charge in [0.1, 0.15) is 22.6 Å². The van der Waals surface area contributed by atoms with Crippen molar-refractivity contribution in [3.63, 3.8) is 0 Å². The van der Waals surface area contributed by atoms with Crippen LogP contribution in [0.4, 0.5) is 0 Å². The first-order valence-corrected chi connectivity index (χ1v) is 9.23. The normalized spacial score (nSPS) is 17.7. The van der Waals surface area contributed by atoms with Crippen LogP contribution in [0.3, 0.4) is 0 Å². The average Bonchev–Trinajstić information content (AvgIpc) is 3.04. The number of ether oxygens (including phenoxy) is 1. The summed E-state index contributed by atoms with van der Waals surface area (Å²) in [6.07, 6.45) is 1.39. The van der Waals surface area contributed by atoms with E-state index in [9.17, 15) is 14.4 Å². The number of aliphatic imine (C=N–C) groups is 1. The van der Waals surface area contributed by atoms with E-state index in [2.05, 4.69) is 10.3 Å². The molecule has 2 heterocycles. The predicted octanol–water partition coefficient (Wildman–Crippen LogP) is 2.10. The topological polar surface area (TPSA) is 98.0 Å². The summed E-state index contributed by atoms with van der Waals surface area (Å²) in [6, 6.07) is 1.84. The molecule has 2 atom stereocenters. The van der Waals surface area contributed by atoms with Crippen LogP contribution >= 0.6 is 11.8 Å². The highest BCUT2D eigenvalue weighted by molar-refractivity contribution is 8.16. The predicted molar refractivity (Wildman–Crippen MR) is 96.3 cm³/mol. The van der Waals surface area contributed by atoms with Crippen LogP contribution in [0, 0.1) is 0 Å². The van der Waals surface area contributed by atoms with Crippen molar-refractivity contribution in [1.29, 1.82) is 0 Å². The highest BCUT2D eigenvalue weighted by atomic mass is 32.2. The highest BCUT2D eigenvalue weighted by Gasteiger charge is 2.29. The zero-order chi connectivity index (χ0) is 18.4. The summed E-state index contributed by atoms with van der Waals surface area (Å²) in [5, 5.41) is 3.25. The van der Waals surface area contributed by atoms with Crippen LogP contribution in [0.5, 0.6) is 5.75 Å². The molecule has 2 rings (SSSR count). The second-order valence-corrected chi connectivity index (χ2v) is 6.62. The van der Waals surface area contributed by atoms with E-state index in [1.165, 1.54) is 24.8 Å². The van der Waals surface area contributed by atoms with Crippen molar-refractivity contribution in [2.24, 2.45) is 4.99 Å². The lowest BCUT2D eigenvalue weighted by Gasteiger charge is -2.19. The largest absolute Gasteiger partial charge is 0.493 e. The third kappa shape index (κ3) is 5.19. The number of amides is 1. The van der Waals surface area contributed by atoms with Gasteiger partial charge >= 0.3 is 5.63 Å². The van der Waals surface area contributed by atoms with Gasteiger partial charge in [0, 0.05) is 18.7 Å². The van der Waals surface area contributed by atoms with Crippen LogP contribution in [0.15, 0.2) is 26.3 Å².